The van der Waals surface area contributed by atoms with Gasteiger partial charge in [0.2, 0.25) is 0 Å². The molecule has 0 fully saturated rings. The molecule has 2 aromatic rings. The largest absolute Gasteiger partial charge is 0.309 e. The predicted octanol–water partition coefficient (Wildman–Crippen LogP) is 3.65. The van der Waals surface area contributed by atoms with Crippen molar-refractivity contribution in [3.05, 3.63) is 38.3 Å². The Labute approximate surface area is 123 Å². The molecule has 0 aliphatic heterocycles. The molecular weight excluding hydrogens is 278 g/mol. The third-order valence-corrected chi connectivity index (χ3v) is 4.80. The number of halogens is 1. The van der Waals surface area contributed by atoms with Crippen molar-refractivity contribution < 1.29 is 0 Å². The van der Waals surface area contributed by atoms with E-state index in [-0.39, 0.29) is 0 Å². The van der Waals surface area contributed by atoms with Crippen LogP contribution in [0.25, 0.3) is 0 Å². The third-order valence-electron chi connectivity index (χ3n) is 3.46. The van der Waals surface area contributed by atoms with E-state index >= 15 is 0 Å². The molecule has 0 radical (unpaired) electrons. The summed E-state index contributed by atoms with van der Waals surface area (Å²) in [5.41, 5.74) is 3.69. The Morgan fingerprint density at radius 3 is 2.63 bits per heavy atom. The normalized spacial score (nSPS) is 12.9. The zero-order valence-electron chi connectivity index (χ0n) is 11.8. The van der Waals surface area contributed by atoms with Crippen molar-refractivity contribution in [1.29, 1.82) is 0 Å². The van der Waals surface area contributed by atoms with E-state index in [1.165, 1.54) is 16.1 Å². The number of hydrogen-bond acceptors (Lipinski definition) is 3. The monoisotopic (exact) mass is 297 g/mol. The van der Waals surface area contributed by atoms with E-state index in [0.29, 0.717) is 6.04 Å². The molecule has 1 atom stereocenters. The molecule has 5 heteroatoms. The SMILES string of the molecule is CCNC(Cc1c(C)nn(C)c1C)c1ccc(Cl)s1. The standard InChI is InChI=1S/C14H20ClN3S/c1-5-16-12(13-6-7-14(15)19-13)8-11-9(2)17-18(4)10(11)3/h6-7,12,16H,5,8H2,1-4H3. The Kier molecular flexibility index (Phi) is 4.66. The average molecular weight is 298 g/mol. The number of rotatable bonds is 5. The molecule has 0 saturated carbocycles. The van der Waals surface area contributed by atoms with Crippen molar-refractivity contribution in [3.63, 3.8) is 0 Å². The average Bonchev–Trinajstić information content (AvgIpc) is 2.88. The van der Waals surface area contributed by atoms with Crippen LogP contribution in [0.1, 0.15) is 34.8 Å². The predicted molar refractivity (Wildman–Crippen MR) is 82.1 cm³/mol. The summed E-state index contributed by atoms with van der Waals surface area (Å²) in [6.07, 6.45) is 0.955. The first-order valence-electron chi connectivity index (χ1n) is 6.50. The Morgan fingerprint density at radius 1 is 1.42 bits per heavy atom. The first-order chi connectivity index (χ1) is 9.02. The van der Waals surface area contributed by atoms with Gasteiger partial charge in [-0.1, -0.05) is 18.5 Å². The quantitative estimate of drug-likeness (QED) is 0.913. The molecule has 0 amide bonds. The molecule has 19 heavy (non-hydrogen) atoms. The number of nitrogens with zero attached hydrogens (tertiary/aromatic N) is 2. The number of thiophene rings is 1. The molecule has 104 valence electrons. The summed E-state index contributed by atoms with van der Waals surface area (Å²) in [6, 6.07) is 4.39. The topological polar surface area (TPSA) is 29.9 Å². The Bertz CT molecular complexity index is 559. The lowest BCUT2D eigenvalue weighted by Crippen LogP contribution is -2.22. The highest BCUT2D eigenvalue weighted by molar-refractivity contribution is 7.16. The second-order valence-corrected chi connectivity index (χ2v) is 6.48. The molecule has 0 aliphatic carbocycles. The summed E-state index contributed by atoms with van der Waals surface area (Å²) in [7, 11) is 2.00. The first kappa shape index (κ1) is 14.6. The highest BCUT2D eigenvalue weighted by atomic mass is 35.5. The summed E-state index contributed by atoms with van der Waals surface area (Å²) in [5.74, 6) is 0. The van der Waals surface area contributed by atoms with Crippen LogP contribution in [0.3, 0.4) is 0 Å². The number of hydrogen-bond donors (Lipinski definition) is 1. The van der Waals surface area contributed by atoms with Crippen molar-refractivity contribution in [2.75, 3.05) is 6.54 Å². The molecule has 1 N–H and O–H groups in total. The zero-order valence-corrected chi connectivity index (χ0v) is 13.4. The maximum Gasteiger partial charge on any atom is 0.0931 e. The summed E-state index contributed by atoms with van der Waals surface area (Å²) < 4.78 is 2.80. The molecule has 1 unspecified atom stereocenters. The maximum absolute atomic E-state index is 6.05. The van der Waals surface area contributed by atoms with Gasteiger partial charge in [-0.05, 0) is 44.5 Å². The van der Waals surface area contributed by atoms with E-state index < -0.39 is 0 Å². The second kappa shape index (κ2) is 6.07. The van der Waals surface area contributed by atoms with Crippen molar-refractivity contribution in [2.24, 2.45) is 7.05 Å². The summed E-state index contributed by atoms with van der Waals surface area (Å²) in [4.78, 5) is 1.29. The van der Waals surface area contributed by atoms with Crippen molar-refractivity contribution in [1.82, 2.24) is 15.1 Å². The van der Waals surface area contributed by atoms with Crippen LogP contribution in [-0.4, -0.2) is 16.3 Å². The van der Waals surface area contributed by atoms with Crippen LogP contribution >= 0.6 is 22.9 Å². The van der Waals surface area contributed by atoms with E-state index in [2.05, 4.69) is 37.3 Å². The second-order valence-electron chi connectivity index (χ2n) is 4.73. The summed E-state index contributed by atoms with van der Waals surface area (Å²) in [6.45, 7) is 7.27. The lowest BCUT2D eigenvalue weighted by Gasteiger charge is -2.16. The van der Waals surface area contributed by atoms with Crippen LogP contribution in [0.15, 0.2) is 12.1 Å². The molecule has 2 rings (SSSR count). The minimum absolute atomic E-state index is 0.309. The minimum atomic E-state index is 0.309. The lowest BCUT2D eigenvalue weighted by molar-refractivity contribution is 0.555. The van der Waals surface area contributed by atoms with Gasteiger partial charge in [0.1, 0.15) is 0 Å². The molecule has 0 spiro atoms. The Morgan fingerprint density at radius 2 is 2.16 bits per heavy atom. The fourth-order valence-corrected chi connectivity index (χ4v) is 3.49. The van der Waals surface area contributed by atoms with Crippen LogP contribution in [0, 0.1) is 13.8 Å². The van der Waals surface area contributed by atoms with E-state index in [1.54, 1.807) is 11.3 Å². The summed E-state index contributed by atoms with van der Waals surface area (Å²) in [5, 5.41) is 8.03. The van der Waals surface area contributed by atoms with Crippen LogP contribution < -0.4 is 5.32 Å². The number of aromatic nitrogens is 2. The fraction of sp³-hybridized carbons (Fsp3) is 0.500. The van der Waals surface area contributed by atoms with Crippen LogP contribution in [-0.2, 0) is 13.5 Å². The van der Waals surface area contributed by atoms with E-state index in [9.17, 15) is 0 Å². The fourth-order valence-electron chi connectivity index (χ4n) is 2.35. The van der Waals surface area contributed by atoms with Crippen LogP contribution in [0.2, 0.25) is 4.34 Å². The molecule has 0 saturated heterocycles. The van der Waals surface area contributed by atoms with Gasteiger partial charge in [-0.25, -0.2) is 0 Å². The maximum atomic E-state index is 6.05. The highest BCUT2D eigenvalue weighted by Crippen LogP contribution is 2.30. The van der Waals surface area contributed by atoms with Gasteiger partial charge in [0.25, 0.3) is 0 Å². The molecule has 0 aromatic carbocycles. The lowest BCUT2D eigenvalue weighted by atomic mass is 10.0. The van der Waals surface area contributed by atoms with Crippen LogP contribution in [0.4, 0.5) is 0 Å². The summed E-state index contributed by atoms with van der Waals surface area (Å²) >= 11 is 7.70. The molecule has 0 aliphatic rings. The van der Waals surface area contributed by atoms with Gasteiger partial charge in [-0.2, -0.15) is 5.10 Å². The Hall–Kier alpha value is -0.840. The van der Waals surface area contributed by atoms with Crippen molar-refractivity contribution >= 4 is 22.9 Å². The van der Waals surface area contributed by atoms with Gasteiger partial charge in [-0.15, -0.1) is 11.3 Å². The van der Waals surface area contributed by atoms with E-state index in [1.807, 2.05) is 17.8 Å². The van der Waals surface area contributed by atoms with Gasteiger partial charge in [0.05, 0.1) is 10.0 Å². The first-order valence-corrected chi connectivity index (χ1v) is 7.70. The van der Waals surface area contributed by atoms with Crippen molar-refractivity contribution in [2.45, 2.75) is 33.2 Å². The van der Waals surface area contributed by atoms with Gasteiger partial charge in [0, 0.05) is 23.7 Å². The molecule has 2 aromatic heterocycles. The zero-order chi connectivity index (χ0) is 14.0. The van der Waals surface area contributed by atoms with E-state index in [0.717, 1.165) is 23.0 Å². The third kappa shape index (κ3) is 3.19. The van der Waals surface area contributed by atoms with Crippen molar-refractivity contribution in [3.8, 4) is 0 Å². The molecular formula is C14H20ClN3S. The van der Waals surface area contributed by atoms with Gasteiger partial charge >= 0.3 is 0 Å². The van der Waals surface area contributed by atoms with E-state index in [4.69, 9.17) is 11.6 Å². The molecule has 0 bridgehead atoms. The van der Waals surface area contributed by atoms with Gasteiger partial charge < -0.3 is 5.32 Å². The van der Waals surface area contributed by atoms with Gasteiger partial charge in [-0.3, -0.25) is 4.68 Å². The number of nitrogens with one attached hydrogen (secondary N) is 1. The van der Waals surface area contributed by atoms with Gasteiger partial charge in [0.15, 0.2) is 0 Å². The number of likely N-dealkylation sites (N-methyl/N-ethyl adjacent to an activating group) is 1. The highest BCUT2D eigenvalue weighted by Gasteiger charge is 2.18. The number of aryl methyl sites for hydroxylation is 2. The minimum Gasteiger partial charge on any atom is -0.309 e. The smallest absolute Gasteiger partial charge is 0.0931 e. The molecule has 3 nitrogen and oxygen atoms in total. The Balaban J connectivity index is 2.26. The molecule has 2 heterocycles. The van der Waals surface area contributed by atoms with Crippen LogP contribution in [0.5, 0.6) is 0 Å².